The molecule has 0 saturated carbocycles. The van der Waals surface area contributed by atoms with E-state index in [1.165, 1.54) is 48.0 Å². The SMILES string of the molecule is CN[S+]([O-])CCc1ccc2[nH]cc(C3CCN(C)CC3)c2c1. The summed E-state index contributed by atoms with van der Waals surface area (Å²) in [6.07, 6.45) is 5.51. The Morgan fingerprint density at radius 1 is 1.36 bits per heavy atom. The van der Waals surface area contributed by atoms with Gasteiger partial charge in [-0.05, 0) is 62.2 Å². The molecule has 1 saturated heterocycles. The predicted octanol–water partition coefficient (Wildman–Crippen LogP) is 2.40. The molecule has 4 nitrogen and oxygen atoms in total. The average molecular weight is 319 g/mol. The number of likely N-dealkylation sites (tertiary alicyclic amines) is 1. The van der Waals surface area contributed by atoms with E-state index in [2.05, 4.69) is 46.0 Å². The molecule has 0 radical (unpaired) electrons. The van der Waals surface area contributed by atoms with E-state index in [4.69, 9.17) is 0 Å². The molecule has 1 unspecified atom stereocenters. The fourth-order valence-corrected chi connectivity index (χ4v) is 3.94. The quantitative estimate of drug-likeness (QED) is 0.832. The fraction of sp³-hybridized carbons (Fsp3) is 0.529. The van der Waals surface area contributed by atoms with E-state index in [1.54, 1.807) is 7.05 Å². The second-order valence-corrected chi connectivity index (χ2v) is 7.71. The van der Waals surface area contributed by atoms with Crippen LogP contribution in [0.25, 0.3) is 10.9 Å². The molecule has 0 spiro atoms. The van der Waals surface area contributed by atoms with Gasteiger partial charge in [-0.25, -0.2) is 0 Å². The zero-order valence-electron chi connectivity index (χ0n) is 13.4. The summed E-state index contributed by atoms with van der Waals surface area (Å²) in [6, 6.07) is 6.59. The van der Waals surface area contributed by atoms with Crippen LogP contribution in [-0.4, -0.2) is 47.4 Å². The van der Waals surface area contributed by atoms with Gasteiger partial charge in [0.1, 0.15) is 5.75 Å². The van der Waals surface area contributed by atoms with E-state index >= 15 is 0 Å². The number of H-pyrrole nitrogens is 1. The Morgan fingerprint density at radius 2 is 2.14 bits per heavy atom. The maximum atomic E-state index is 11.5. The van der Waals surface area contributed by atoms with Crippen molar-refractivity contribution in [2.45, 2.75) is 25.2 Å². The summed E-state index contributed by atoms with van der Waals surface area (Å²) in [6.45, 7) is 2.36. The molecule has 1 atom stereocenters. The third-order valence-corrected chi connectivity index (χ3v) is 5.77. The minimum Gasteiger partial charge on any atom is -0.598 e. The van der Waals surface area contributed by atoms with Crippen molar-refractivity contribution in [3.63, 3.8) is 0 Å². The Morgan fingerprint density at radius 3 is 2.86 bits per heavy atom. The van der Waals surface area contributed by atoms with Gasteiger partial charge < -0.3 is 14.4 Å². The van der Waals surface area contributed by atoms with Crippen molar-refractivity contribution in [1.82, 2.24) is 14.6 Å². The number of aromatic amines is 1. The second-order valence-electron chi connectivity index (χ2n) is 6.21. The topological polar surface area (TPSA) is 54.1 Å². The predicted molar refractivity (Wildman–Crippen MR) is 93.5 cm³/mol. The van der Waals surface area contributed by atoms with Gasteiger partial charge in [-0.3, -0.25) is 0 Å². The highest BCUT2D eigenvalue weighted by Gasteiger charge is 2.21. The summed E-state index contributed by atoms with van der Waals surface area (Å²) in [5.41, 5.74) is 3.94. The molecule has 1 aromatic heterocycles. The number of rotatable bonds is 5. The van der Waals surface area contributed by atoms with Crippen molar-refractivity contribution in [2.75, 3.05) is 32.9 Å². The van der Waals surface area contributed by atoms with Crippen LogP contribution < -0.4 is 4.72 Å². The molecule has 0 bridgehead atoms. The molecule has 1 fully saturated rings. The van der Waals surface area contributed by atoms with Gasteiger partial charge in [0.2, 0.25) is 0 Å². The van der Waals surface area contributed by atoms with E-state index in [1.807, 2.05) is 0 Å². The lowest BCUT2D eigenvalue weighted by Crippen LogP contribution is -2.29. The number of fused-ring (bicyclic) bond motifs is 1. The average Bonchev–Trinajstić information content (AvgIpc) is 2.96. The number of hydrogen-bond acceptors (Lipinski definition) is 3. The summed E-state index contributed by atoms with van der Waals surface area (Å²) < 4.78 is 14.3. The largest absolute Gasteiger partial charge is 0.598 e. The number of piperidine rings is 1. The normalized spacial score (nSPS) is 18.9. The maximum absolute atomic E-state index is 11.5. The van der Waals surface area contributed by atoms with Crippen molar-refractivity contribution in [1.29, 1.82) is 0 Å². The van der Waals surface area contributed by atoms with Gasteiger partial charge in [-0.15, -0.1) is 4.72 Å². The van der Waals surface area contributed by atoms with E-state index in [-0.39, 0.29) is 0 Å². The van der Waals surface area contributed by atoms with Crippen LogP contribution in [0.15, 0.2) is 24.4 Å². The highest BCUT2D eigenvalue weighted by molar-refractivity contribution is 7.89. The van der Waals surface area contributed by atoms with Crippen LogP contribution in [0, 0.1) is 0 Å². The standard InChI is InChI=1S/C17H25N3OS/c1-18-22(21)10-7-13-3-4-17-15(11-13)16(12-19-17)14-5-8-20(2)9-6-14/h3-4,11-12,14,18-19H,5-10H2,1-2H3. The number of aryl methyl sites for hydroxylation is 1. The molecule has 5 heteroatoms. The number of hydrogen-bond donors (Lipinski definition) is 2. The summed E-state index contributed by atoms with van der Waals surface area (Å²) in [5, 5.41) is 1.35. The molecule has 2 N–H and O–H groups in total. The van der Waals surface area contributed by atoms with Crippen LogP contribution in [0.3, 0.4) is 0 Å². The van der Waals surface area contributed by atoms with Gasteiger partial charge in [-0.1, -0.05) is 6.07 Å². The zero-order chi connectivity index (χ0) is 15.5. The second kappa shape index (κ2) is 7.04. The molecule has 1 aromatic carbocycles. The smallest absolute Gasteiger partial charge is 0.129 e. The highest BCUT2D eigenvalue weighted by atomic mass is 32.2. The molecule has 120 valence electrons. The summed E-state index contributed by atoms with van der Waals surface area (Å²) in [4.78, 5) is 5.82. The fourth-order valence-electron chi connectivity index (χ4n) is 3.31. The van der Waals surface area contributed by atoms with E-state index in [0.717, 1.165) is 6.42 Å². The molecule has 1 aliphatic rings. The maximum Gasteiger partial charge on any atom is 0.129 e. The summed E-state index contributed by atoms with van der Waals surface area (Å²) in [7, 11) is 3.94. The van der Waals surface area contributed by atoms with Crippen LogP contribution in [-0.2, 0) is 17.8 Å². The molecular formula is C17H25N3OS. The molecule has 2 heterocycles. The Labute approximate surface area is 135 Å². The Bertz CT molecular complexity index is 619. The minimum absolute atomic E-state index is 0.659. The summed E-state index contributed by atoms with van der Waals surface area (Å²) >= 11 is -0.929. The first-order valence-corrected chi connectivity index (χ1v) is 9.33. The van der Waals surface area contributed by atoms with Crippen LogP contribution in [0.5, 0.6) is 0 Å². The highest BCUT2D eigenvalue weighted by Crippen LogP contribution is 2.33. The summed E-state index contributed by atoms with van der Waals surface area (Å²) in [5.74, 6) is 1.32. The first-order chi connectivity index (χ1) is 10.7. The Kier molecular flexibility index (Phi) is 5.08. The molecular weight excluding hydrogens is 294 g/mol. The van der Waals surface area contributed by atoms with Crippen molar-refractivity contribution < 1.29 is 4.55 Å². The Hall–Kier alpha value is -1.01. The van der Waals surface area contributed by atoms with Gasteiger partial charge in [0.25, 0.3) is 0 Å². The minimum atomic E-state index is -0.929. The molecule has 0 amide bonds. The van der Waals surface area contributed by atoms with E-state index in [9.17, 15) is 4.55 Å². The molecule has 22 heavy (non-hydrogen) atoms. The number of nitrogens with zero attached hydrogens (tertiary/aromatic N) is 1. The van der Waals surface area contributed by atoms with Gasteiger partial charge in [0.15, 0.2) is 0 Å². The molecule has 0 aliphatic carbocycles. The first kappa shape index (κ1) is 15.9. The lowest BCUT2D eigenvalue weighted by atomic mass is 9.89. The zero-order valence-corrected chi connectivity index (χ0v) is 14.2. The van der Waals surface area contributed by atoms with Crippen LogP contribution in [0.1, 0.15) is 29.9 Å². The molecule has 1 aliphatic heterocycles. The lowest BCUT2D eigenvalue weighted by molar-refractivity contribution is 0.256. The van der Waals surface area contributed by atoms with E-state index in [0.29, 0.717) is 11.7 Å². The number of benzene rings is 1. The molecule has 3 rings (SSSR count). The Balaban J connectivity index is 1.79. The van der Waals surface area contributed by atoms with Gasteiger partial charge in [0.05, 0.1) is 0 Å². The van der Waals surface area contributed by atoms with Crippen molar-refractivity contribution >= 4 is 22.3 Å². The first-order valence-electron chi connectivity index (χ1n) is 8.01. The van der Waals surface area contributed by atoms with Gasteiger partial charge >= 0.3 is 0 Å². The van der Waals surface area contributed by atoms with E-state index < -0.39 is 11.4 Å². The monoisotopic (exact) mass is 319 g/mol. The van der Waals surface area contributed by atoms with Crippen molar-refractivity contribution in [2.24, 2.45) is 0 Å². The lowest BCUT2D eigenvalue weighted by Gasteiger charge is -2.28. The third-order valence-electron chi connectivity index (χ3n) is 4.74. The van der Waals surface area contributed by atoms with Gasteiger partial charge in [0, 0.05) is 41.9 Å². The van der Waals surface area contributed by atoms with Gasteiger partial charge in [-0.2, -0.15) is 0 Å². The van der Waals surface area contributed by atoms with Crippen molar-refractivity contribution in [3.05, 3.63) is 35.5 Å². The van der Waals surface area contributed by atoms with Crippen LogP contribution >= 0.6 is 0 Å². The number of nitrogens with one attached hydrogen (secondary N) is 2. The van der Waals surface area contributed by atoms with Crippen LogP contribution in [0.4, 0.5) is 0 Å². The number of aromatic nitrogens is 1. The molecule has 2 aromatic rings. The van der Waals surface area contributed by atoms with Crippen molar-refractivity contribution in [3.8, 4) is 0 Å². The third kappa shape index (κ3) is 3.49. The van der Waals surface area contributed by atoms with Crippen LogP contribution in [0.2, 0.25) is 0 Å².